The van der Waals surface area contributed by atoms with Gasteiger partial charge in [0.05, 0.1) is 18.4 Å². The standard InChI is InChI=1S/C27H30N2O6/c1-17-10-11-20(13-18(17)2)26(33)28-12-6-5-8-22(27(34)29-21(16-30)15-25(31)32)24-14-19-7-3-4-9-23(19)35-24/h3-4,7,9-11,13-14,16,21-22H,5-6,8,12,15H2,1-2H3,(H,28,33)(H,29,34)(H,31,32)/t21-,22?/m0/s1. The minimum Gasteiger partial charge on any atom is -0.481 e. The van der Waals surface area contributed by atoms with Crippen LogP contribution in [0.5, 0.6) is 0 Å². The molecular weight excluding hydrogens is 448 g/mol. The number of aliphatic carboxylic acids is 1. The van der Waals surface area contributed by atoms with Crippen LogP contribution in [0.3, 0.4) is 0 Å². The minimum absolute atomic E-state index is 0.151. The Kier molecular flexibility index (Phi) is 8.78. The summed E-state index contributed by atoms with van der Waals surface area (Å²) in [6, 6.07) is 13.6. The number of carboxylic acid groups (broad SMARTS) is 1. The first kappa shape index (κ1) is 25.7. The third-order valence-electron chi connectivity index (χ3n) is 5.97. The van der Waals surface area contributed by atoms with Crippen molar-refractivity contribution in [1.82, 2.24) is 10.6 Å². The van der Waals surface area contributed by atoms with E-state index in [-0.39, 0.29) is 5.91 Å². The minimum atomic E-state index is -1.18. The van der Waals surface area contributed by atoms with Gasteiger partial charge in [0.2, 0.25) is 5.91 Å². The molecule has 2 atom stereocenters. The molecule has 0 aliphatic carbocycles. The summed E-state index contributed by atoms with van der Waals surface area (Å²) in [5, 5.41) is 15.2. The van der Waals surface area contributed by atoms with Crippen molar-refractivity contribution in [2.45, 2.75) is 51.5 Å². The summed E-state index contributed by atoms with van der Waals surface area (Å²) in [4.78, 5) is 47.6. The molecule has 3 N–H and O–H groups in total. The average Bonchev–Trinajstić information content (AvgIpc) is 3.25. The number of furan rings is 1. The monoisotopic (exact) mass is 478 g/mol. The summed E-state index contributed by atoms with van der Waals surface area (Å²) in [6.07, 6.45) is 1.57. The quantitative estimate of drug-likeness (QED) is 0.268. The maximum atomic E-state index is 13.0. The van der Waals surface area contributed by atoms with E-state index >= 15 is 0 Å². The molecule has 0 saturated heterocycles. The highest BCUT2D eigenvalue weighted by Gasteiger charge is 2.27. The van der Waals surface area contributed by atoms with Crippen molar-refractivity contribution >= 4 is 35.0 Å². The Balaban J connectivity index is 1.62. The zero-order chi connectivity index (χ0) is 25.4. The molecule has 0 aliphatic heterocycles. The molecule has 0 fully saturated rings. The molecule has 2 amide bonds. The second-order valence-corrected chi connectivity index (χ2v) is 8.64. The number of amides is 2. The average molecular weight is 479 g/mol. The van der Waals surface area contributed by atoms with E-state index in [4.69, 9.17) is 9.52 Å². The third-order valence-corrected chi connectivity index (χ3v) is 5.97. The van der Waals surface area contributed by atoms with Crippen molar-refractivity contribution in [3.63, 3.8) is 0 Å². The second-order valence-electron chi connectivity index (χ2n) is 8.64. The lowest BCUT2D eigenvalue weighted by Gasteiger charge is -2.17. The molecule has 1 heterocycles. The molecule has 2 aromatic carbocycles. The fraction of sp³-hybridized carbons (Fsp3) is 0.333. The first-order chi connectivity index (χ1) is 16.8. The second kappa shape index (κ2) is 12.0. The third kappa shape index (κ3) is 7.02. The first-order valence-electron chi connectivity index (χ1n) is 11.6. The summed E-state index contributed by atoms with van der Waals surface area (Å²) in [6.45, 7) is 4.39. The van der Waals surface area contributed by atoms with Crippen LogP contribution >= 0.6 is 0 Å². The van der Waals surface area contributed by atoms with Crippen molar-refractivity contribution in [2.24, 2.45) is 0 Å². The van der Waals surface area contributed by atoms with E-state index in [2.05, 4.69) is 10.6 Å². The Bertz CT molecular complexity index is 1180. The zero-order valence-electron chi connectivity index (χ0n) is 19.9. The lowest BCUT2D eigenvalue weighted by Crippen LogP contribution is -2.40. The van der Waals surface area contributed by atoms with E-state index in [1.54, 1.807) is 18.2 Å². The van der Waals surface area contributed by atoms with Crippen LogP contribution in [-0.2, 0) is 14.4 Å². The number of benzene rings is 2. The number of nitrogens with one attached hydrogen (secondary N) is 2. The fourth-order valence-electron chi connectivity index (χ4n) is 3.84. The molecule has 3 aromatic rings. The molecule has 0 aliphatic rings. The molecule has 184 valence electrons. The fourth-order valence-corrected chi connectivity index (χ4v) is 3.84. The van der Waals surface area contributed by atoms with Crippen LogP contribution in [0.2, 0.25) is 0 Å². The summed E-state index contributed by atoms with van der Waals surface area (Å²) in [7, 11) is 0. The Morgan fingerprint density at radius 1 is 1.03 bits per heavy atom. The van der Waals surface area contributed by atoms with Gasteiger partial charge in [0, 0.05) is 17.5 Å². The maximum absolute atomic E-state index is 13.0. The number of aldehydes is 1. The van der Waals surface area contributed by atoms with Crippen molar-refractivity contribution in [2.75, 3.05) is 6.54 Å². The van der Waals surface area contributed by atoms with Crippen LogP contribution in [0.15, 0.2) is 52.9 Å². The number of rotatable bonds is 12. The van der Waals surface area contributed by atoms with Gasteiger partial charge >= 0.3 is 5.97 Å². The number of carbonyl (C=O) groups is 4. The van der Waals surface area contributed by atoms with Gasteiger partial charge in [0.1, 0.15) is 17.6 Å². The Morgan fingerprint density at radius 2 is 1.80 bits per heavy atom. The smallest absolute Gasteiger partial charge is 0.305 e. The Hall–Kier alpha value is -3.94. The van der Waals surface area contributed by atoms with Crippen molar-refractivity contribution in [1.29, 1.82) is 0 Å². The lowest BCUT2D eigenvalue weighted by molar-refractivity contribution is -0.138. The number of para-hydroxylation sites is 1. The van der Waals surface area contributed by atoms with E-state index in [9.17, 15) is 19.2 Å². The van der Waals surface area contributed by atoms with Crippen LogP contribution in [0.1, 0.15) is 58.8 Å². The van der Waals surface area contributed by atoms with E-state index in [1.807, 2.05) is 44.2 Å². The van der Waals surface area contributed by atoms with Gasteiger partial charge in [-0.1, -0.05) is 30.7 Å². The lowest BCUT2D eigenvalue weighted by atomic mass is 9.97. The molecule has 35 heavy (non-hydrogen) atoms. The first-order valence-corrected chi connectivity index (χ1v) is 11.6. The molecule has 8 heteroatoms. The van der Waals surface area contributed by atoms with Gasteiger partial charge in [-0.15, -0.1) is 0 Å². The molecule has 0 spiro atoms. The topological polar surface area (TPSA) is 126 Å². The van der Waals surface area contributed by atoms with Gasteiger partial charge in [-0.25, -0.2) is 0 Å². The van der Waals surface area contributed by atoms with Crippen LogP contribution in [-0.4, -0.2) is 41.8 Å². The number of fused-ring (bicyclic) bond motifs is 1. The molecule has 3 rings (SSSR count). The van der Waals surface area contributed by atoms with E-state index in [0.717, 1.165) is 16.5 Å². The summed E-state index contributed by atoms with van der Waals surface area (Å²) in [5.74, 6) is -2.05. The maximum Gasteiger partial charge on any atom is 0.305 e. The molecular formula is C27H30N2O6. The summed E-state index contributed by atoms with van der Waals surface area (Å²) >= 11 is 0. The van der Waals surface area contributed by atoms with Gasteiger partial charge in [0.15, 0.2) is 0 Å². The van der Waals surface area contributed by atoms with Crippen molar-refractivity contribution < 1.29 is 28.7 Å². The van der Waals surface area contributed by atoms with E-state index in [0.29, 0.717) is 49.0 Å². The molecule has 1 unspecified atom stereocenters. The van der Waals surface area contributed by atoms with Gasteiger partial charge in [-0.05, 0) is 62.1 Å². The number of aryl methyl sites for hydroxylation is 2. The van der Waals surface area contributed by atoms with Crippen molar-refractivity contribution in [3.8, 4) is 0 Å². The SMILES string of the molecule is Cc1ccc(C(=O)NCCCCC(C(=O)N[C@H](C=O)CC(=O)O)c2cc3ccccc3o2)cc1C. The molecule has 0 radical (unpaired) electrons. The summed E-state index contributed by atoms with van der Waals surface area (Å²) < 4.78 is 5.89. The van der Waals surface area contributed by atoms with Gasteiger partial charge in [-0.3, -0.25) is 14.4 Å². The van der Waals surface area contributed by atoms with Crippen LogP contribution in [0.25, 0.3) is 11.0 Å². The number of hydrogen-bond donors (Lipinski definition) is 3. The largest absolute Gasteiger partial charge is 0.481 e. The zero-order valence-corrected chi connectivity index (χ0v) is 19.9. The number of hydrogen-bond acceptors (Lipinski definition) is 5. The number of carboxylic acids is 1. The Morgan fingerprint density at radius 3 is 2.49 bits per heavy atom. The number of carbonyl (C=O) groups excluding carboxylic acids is 3. The van der Waals surface area contributed by atoms with Crippen molar-refractivity contribution in [3.05, 3.63) is 71.0 Å². The molecule has 0 saturated carbocycles. The van der Waals surface area contributed by atoms with Gasteiger partial charge < -0.3 is 25.0 Å². The molecule has 0 bridgehead atoms. The van der Waals surface area contributed by atoms with E-state index < -0.39 is 30.3 Å². The predicted molar refractivity (Wildman–Crippen MR) is 131 cm³/mol. The van der Waals surface area contributed by atoms with Gasteiger partial charge in [0.25, 0.3) is 5.91 Å². The number of unbranched alkanes of at least 4 members (excludes halogenated alkanes) is 1. The molecule has 8 nitrogen and oxygen atoms in total. The summed E-state index contributed by atoms with van der Waals surface area (Å²) in [5.41, 5.74) is 3.41. The van der Waals surface area contributed by atoms with Crippen LogP contribution in [0.4, 0.5) is 0 Å². The molecule has 1 aromatic heterocycles. The Labute approximate surface area is 203 Å². The van der Waals surface area contributed by atoms with E-state index in [1.165, 1.54) is 0 Å². The van der Waals surface area contributed by atoms with Crippen LogP contribution in [0, 0.1) is 13.8 Å². The normalized spacial score (nSPS) is 12.6. The van der Waals surface area contributed by atoms with Crippen LogP contribution < -0.4 is 10.6 Å². The highest BCUT2D eigenvalue weighted by molar-refractivity contribution is 5.94. The van der Waals surface area contributed by atoms with Gasteiger partial charge in [-0.2, -0.15) is 0 Å². The highest BCUT2D eigenvalue weighted by atomic mass is 16.4. The predicted octanol–water partition coefficient (Wildman–Crippen LogP) is 3.89. The highest BCUT2D eigenvalue weighted by Crippen LogP contribution is 2.29.